The molecule has 0 fully saturated rings. The van der Waals surface area contributed by atoms with E-state index in [1.165, 1.54) is 0 Å². The Kier molecular flexibility index (Phi) is 4.15. The standard InChI is InChI=1S/C14H16N2O2/c1-2-17-12-4-3-5-13(9-12)18-14-8-11(10-15)6-7-16-14/h3-9H,2,10,15H2,1H3. The number of hydrogen-bond donors (Lipinski definition) is 1. The Labute approximate surface area is 106 Å². The van der Waals surface area contributed by atoms with Crippen molar-refractivity contribution in [3.63, 3.8) is 0 Å². The Morgan fingerprint density at radius 2 is 2.00 bits per heavy atom. The van der Waals surface area contributed by atoms with Crippen LogP contribution in [0.2, 0.25) is 0 Å². The number of hydrogen-bond acceptors (Lipinski definition) is 4. The van der Waals surface area contributed by atoms with Gasteiger partial charge in [0.25, 0.3) is 0 Å². The van der Waals surface area contributed by atoms with Gasteiger partial charge in [-0.25, -0.2) is 4.98 Å². The van der Waals surface area contributed by atoms with E-state index in [2.05, 4.69) is 4.98 Å². The van der Waals surface area contributed by atoms with Crippen LogP contribution in [0.1, 0.15) is 12.5 Å². The van der Waals surface area contributed by atoms with Gasteiger partial charge in [-0.3, -0.25) is 0 Å². The molecule has 18 heavy (non-hydrogen) atoms. The van der Waals surface area contributed by atoms with E-state index in [9.17, 15) is 0 Å². The van der Waals surface area contributed by atoms with Crippen molar-refractivity contribution < 1.29 is 9.47 Å². The molecule has 0 saturated carbocycles. The van der Waals surface area contributed by atoms with Crippen LogP contribution in [0.5, 0.6) is 17.4 Å². The van der Waals surface area contributed by atoms with Crippen molar-refractivity contribution in [2.45, 2.75) is 13.5 Å². The first-order valence-electron chi connectivity index (χ1n) is 5.87. The average molecular weight is 244 g/mol. The number of nitrogens with two attached hydrogens (primary N) is 1. The highest BCUT2D eigenvalue weighted by Crippen LogP contribution is 2.24. The summed E-state index contributed by atoms with van der Waals surface area (Å²) < 4.78 is 11.1. The molecule has 2 N–H and O–H groups in total. The second-order valence-corrected chi connectivity index (χ2v) is 3.72. The fraction of sp³-hybridized carbons (Fsp3) is 0.214. The molecule has 0 atom stereocenters. The Balaban J connectivity index is 2.14. The van der Waals surface area contributed by atoms with Gasteiger partial charge in [-0.15, -0.1) is 0 Å². The Morgan fingerprint density at radius 3 is 2.78 bits per heavy atom. The average Bonchev–Trinajstić information content (AvgIpc) is 2.40. The summed E-state index contributed by atoms with van der Waals surface area (Å²) in [7, 11) is 0. The minimum Gasteiger partial charge on any atom is -0.494 e. The summed E-state index contributed by atoms with van der Waals surface area (Å²) >= 11 is 0. The molecule has 1 heterocycles. The third kappa shape index (κ3) is 3.21. The highest BCUT2D eigenvalue weighted by Gasteiger charge is 2.01. The van der Waals surface area contributed by atoms with Gasteiger partial charge in [-0.2, -0.15) is 0 Å². The fourth-order valence-electron chi connectivity index (χ4n) is 1.55. The van der Waals surface area contributed by atoms with E-state index in [0.717, 1.165) is 11.3 Å². The number of ether oxygens (including phenoxy) is 2. The molecule has 2 aromatic rings. The molecule has 0 spiro atoms. The molecule has 94 valence electrons. The van der Waals surface area contributed by atoms with Crippen LogP contribution in [0.15, 0.2) is 42.6 Å². The summed E-state index contributed by atoms with van der Waals surface area (Å²) in [4.78, 5) is 4.14. The number of aromatic nitrogens is 1. The molecular weight excluding hydrogens is 228 g/mol. The van der Waals surface area contributed by atoms with Crippen LogP contribution in [0.4, 0.5) is 0 Å². The molecule has 1 aromatic heterocycles. The lowest BCUT2D eigenvalue weighted by atomic mass is 10.3. The first kappa shape index (κ1) is 12.4. The quantitative estimate of drug-likeness (QED) is 0.878. The maximum Gasteiger partial charge on any atom is 0.219 e. The van der Waals surface area contributed by atoms with Crippen LogP contribution >= 0.6 is 0 Å². The Hall–Kier alpha value is -2.07. The first-order valence-corrected chi connectivity index (χ1v) is 5.87. The molecular formula is C14H16N2O2. The van der Waals surface area contributed by atoms with E-state index in [-0.39, 0.29) is 0 Å². The lowest BCUT2D eigenvalue weighted by Gasteiger charge is -2.08. The van der Waals surface area contributed by atoms with Crippen LogP contribution < -0.4 is 15.2 Å². The van der Waals surface area contributed by atoms with Gasteiger partial charge in [0.05, 0.1) is 6.61 Å². The zero-order valence-electron chi connectivity index (χ0n) is 10.3. The van der Waals surface area contributed by atoms with Crippen molar-refractivity contribution in [3.8, 4) is 17.4 Å². The molecule has 0 amide bonds. The van der Waals surface area contributed by atoms with E-state index in [4.69, 9.17) is 15.2 Å². The molecule has 0 aliphatic heterocycles. The van der Waals surface area contributed by atoms with Crippen LogP contribution in [0.25, 0.3) is 0 Å². The van der Waals surface area contributed by atoms with Crippen LogP contribution in [0.3, 0.4) is 0 Å². The normalized spacial score (nSPS) is 10.1. The molecule has 0 saturated heterocycles. The van der Waals surface area contributed by atoms with Gasteiger partial charge < -0.3 is 15.2 Å². The molecule has 0 radical (unpaired) electrons. The van der Waals surface area contributed by atoms with Gasteiger partial charge in [-0.05, 0) is 30.7 Å². The lowest BCUT2D eigenvalue weighted by Crippen LogP contribution is -1.97. The van der Waals surface area contributed by atoms with E-state index in [1.54, 1.807) is 6.20 Å². The van der Waals surface area contributed by atoms with Crippen LogP contribution in [-0.4, -0.2) is 11.6 Å². The minimum atomic E-state index is 0.470. The van der Waals surface area contributed by atoms with Gasteiger partial charge in [0.1, 0.15) is 11.5 Å². The molecule has 0 aliphatic rings. The van der Waals surface area contributed by atoms with Crippen molar-refractivity contribution >= 4 is 0 Å². The lowest BCUT2D eigenvalue weighted by molar-refractivity contribution is 0.338. The van der Waals surface area contributed by atoms with Crippen molar-refractivity contribution in [2.75, 3.05) is 6.61 Å². The van der Waals surface area contributed by atoms with Gasteiger partial charge in [-0.1, -0.05) is 6.07 Å². The highest BCUT2D eigenvalue weighted by atomic mass is 16.5. The molecule has 1 aromatic carbocycles. The molecule has 0 bridgehead atoms. The summed E-state index contributed by atoms with van der Waals surface area (Å²) in [5.41, 5.74) is 6.56. The van der Waals surface area contributed by atoms with Gasteiger partial charge in [0.15, 0.2) is 0 Å². The van der Waals surface area contributed by atoms with Crippen molar-refractivity contribution in [3.05, 3.63) is 48.2 Å². The zero-order chi connectivity index (χ0) is 12.8. The van der Waals surface area contributed by atoms with E-state index >= 15 is 0 Å². The van der Waals surface area contributed by atoms with Gasteiger partial charge in [0.2, 0.25) is 5.88 Å². The molecule has 0 aliphatic carbocycles. The molecule has 4 heteroatoms. The van der Waals surface area contributed by atoms with E-state index in [0.29, 0.717) is 24.8 Å². The topological polar surface area (TPSA) is 57.4 Å². The highest BCUT2D eigenvalue weighted by molar-refractivity contribution is 5.35. The predicted octanol–water partition coefficient (Wildman–Crippen LogP) is 2.73. The third-order valence-electron chi connectivity index (χ3n) is 2.37. The molecule has 4 nitrogen and oxygen atoms in total. The zero-order valence-corrected chi connectivity index (χ0v) is 10.3. The SMILES string of the molecule is CCOc1cccc(Oc2cc(CN)ccn2)c1. The number of benzene rings is 1. The smallest absolute Gasteiger partial charge is 0.219 e. The van der Waals surface area contributed by atoms with Crippen LogP contribution in [0, 0.1) is 0 Å². The summed E-state index contributed by atoms with van der Waals surface area (Å²) in [5, 5.41) is 0. The van der Waals surface area contributed by atoms with Crippen molar-refractivity contribution in [1.82, 2.24) is 4.98 Å². The summed E-state index contributed by atoms with van der Waals surface area (Å²) in [6.45, 7) is 3.04. The largest absolute Gasteiger partial charge is 0.494 e. The van der Waals surface area contributed by atoms with Gasteiger partial charge >= 0.3 is 0 Å². The minimum absolute atomic E-state index is 0.470. The van der Waals surface area contributed by atoms with Gasteiger partial charge in [0, 0.05) is 24.9 Å². The number of rotatable bonds is 5. The Morgan fingerprint density at radius 1 is 1.17 bits per heavy atom. The second-order valence-electron chi connectivity index (χ2n) is 3.72. The maximum absolute atomic E-state index is 5.66. The Bertz CT molecular complexity index is 515. The second kappa shape index (κ2) is 6.02. The molecule has 2 rings (SSSR count). The van der Waals surface area contributed by atoms with Crippen LogP contribution in [-0.2, 0) is 6.54 Å². The fourth-order valence-corrected chi connectivity index (χ4v) is 1.55. The van der Waals surface area contributed by atoms with Crippen molar-refractivity contribution in [1.29, 1.82) is 0 Å². The van der Waals surface area contributed by atoms with E-state index < -0.39 is 0 Å². The maximum atomic E-state index is 5.66. The summed E-state index contributed by atoms with van der Waals surface area (Å²) in [6.07, 6.45) is 1.68. The third-order valence-corrected chi connectivity index (χ3v) is 2.37. The predicted molar refractivity (Wildman–Crippen MR) is 69.8 cm³/mol. The summed E-state index contributed by atoms with van der Waals surface area (Å²) in [5.74, 6) is 2.01. The van der Waals surface area contributed by atoms with Crippen molar-refractivity contribution in [2.24, 2.45) is 5.73 Å². The van der Waals surface area contributed by atoms with E-state index in [1.807, 2.05) is 43.3 Å². The number of pyridine rings is 1. The monoisotopic (exact) mass is 244 g/mol. The molecule has 0 unspecified atom stereocenters. The summed E-state index contributed by atoms with van der Waals surface area (Å²) in [6, 6.07) is 11.2. The number of nitrogens with zero attached hydrogens (tertiary/aromatic N) is 1. The first-order chi connectivity index (χ1) is 8.81.